The summed E-state index contributed by atoms with van der Waals surface area (Å²) in [5, 5.41) is 7.53. The van der Waals surface area contributed by atoms with Crippen molar-refractivity contribution in [3.8, 4) is 0 Å². The second-order valence-corrected chi connectivity index (χ2v) is 5.35. The van der Waals surface area contributed by atoms with E-state index in [-0.39, 0.29) is 11.4 Å². The summed E-state index contributed by atoms with van der Waals surface area (Å²) >= 11 is 3.49. The molecule has 0 heterocycles. The fourth-order valence-corrected chi connectivity index (χ4v) is 2.47. The summed E-state index contributed by atoms with van der Waals surface area (Å²) in [5.41, 5.74) is 7.31. The molecule has 0 saturated carbocycles. The van der Waals surface area contributed by atoms with E-state index in [9.17, 15) is 4.39 Å². The number of halogens is 2. The molecule has 20 heavy (non-hydrogen) atoms. The highest BCUT2D eigenvalue weighted by atomic mass is 79.9. The minimum absolute atomic E-state index is 0.141. The number of rotatable bonds is 4. The average Bonchev–Trinajstić information content (AvgIpc) is 2.40. The predicted molar refractivity (Wildman–Crippen MR) is 83.7 cm³/mol. The van der Waals surface area contributed by atoms with Crippen LogP contribution in [-0.4, -0.2) is 12.9 Å². The van der Waals surface area contributed by atoms with Crippen molar-refractivity contribution in [3.63, 3.8) is 0 Å². The lowest BCUT2D eigenvalue weighted by atomic mass is 10.1. The Labute approximate surface area is 125 Å². The van der Waals surface area contributed by atoms with Gasteiger partial charge in [-0.3, -0.25) is 5.41 Å². The third-order valence-electron chi connectivity index (χ3n) is 3.04. The summed E-state index contributed by atoms with van der Waals surface area (Å²) in [4.78, 5) is 1.87. The fraction of sp³-hybridized carbons (Fsp3) is 0.133. The topological polar surface area (TPSA) is 53.1 Å². The second-order valence-electron chi connectivity index (χ2n) is 4.50. The highest BCUT2D eigenvalue weighted by Gasteiger charge is 2.15. The molecular formula is C15H15BrFN3. The van der Waals surface area contributed by atoms with Gasteiger partial charge in [0.2, 0.25) is 0 Å². The SMILES string of the molecule is CN(Cc1ccccc1Br)c1cccc(F)c1C(=N)N. The molecule has 0 fully saturated rings. The van der Waals surface area contributed by atoms with Crippen LogP contribution in [0.1, 0.15) is 11.1 Å². The summed E-state index contributed by atoms with van der Waals surface area (Å²) in [6, 6.07) is 12.5. The maximum Gasteiger partial charge on any atom is 0.136 e. The van der Waals surface area contributed by atoms with Crippen molar-refractivity contribution >= 4 is 27.5 Å². The van der Waals surface area contributed by atoms with E-state index in [1.54, 1.807) is 12.1 Å². The normalized spacial score (nSPS) is 10.3. The van der Waals surface area contributed by atoms with E-state index in [0.29, 0.717) is 12.2 Å². The number of amidine groups is 1. The fourth-order valence-electron chi connectivity index (χ4n) is 2.06. The Balaban J connectivity index is 2.35. The monoisotopic (exact) mass is 335 g/mol. The van der Waals surface area contributed by atoms with E-state index in [0.717, 1.165) is 10.0 Å². The van der Waals surface area contributed by atoms with Crippen LogP contribution >= 0.6 is 15.9 Å². The first-order valence-electron chi connectivity index (χ1n) is 6.08. The van der Waals surface area contributed by atoms with Gasteiger partial charge in [0.25, 0.3) is 0 Å². The molecule has 0 radical (unpaired) electrons. The van der Waals surface area contributed by atoms with E-state index < -0.39 is 5.82 Å². The summed E-state index contributed by atoms with van der Waals surface area (Å²) < 4.78 is 14.8. The molecule has 0 spiro atoms. The van der Waals surface area contributed by atoms with Crippen LogP contribution < -0.4 is 10.6 Å². The molecule has 0 unspecified atom stereocenters. The van der Waals surface area contributed by atoms with Crippen molar-refractivity contribution in [3.05, 3.63) is 63.9 Å². The van der Waals surface area contributed by atoms with Crippen molar-refractivity contribution in [2.24, 2.45) is 5.73 Å². The molecule has 104 valence electrons. The number of nitrogens with zero attached hydrogens (tertiary/aromatic N) is 1. The summed E-state index contributed by atoms with van der Waals surface area (Å²) in [6.45, 7) is 0.588. The molecule has 2 aromatic rings. The Bertz CT molecular complexity index is 643. The van der Waals surface area contributed by atoms with E-state index in [4.69, 9.17) is 11.1 Å². The maximum absolute atomic E-state index is 13.8. The van der Waals surface area contributed by atoms with E-state index in [1.165, 1.54) is 6.07 Å². The van der Waals surface area contributed by atoms with Gasteiger partial charge in [0.15, 0.2) is 0 Å². The van der Waals surface area contributed by atoms with Crippen molar-refractivity contribution in [1.29, 1.82) is 5.41 Å². The van der Waals surface area contributed by atoms with Crippen molar-refractivity contribution in [1.82, 2.24) is 0 Å². The van der Waals surface area contributed by atoms with Crippen molar-refractivity contribution in [2.75, 3.05) is 11.9 Å². The standard InChI is InChI=1S/C15H15BrFN3/c1-20(9-10-5-2-3-6-11(10)16)13-8-4-7-12(17)14(13)15(18)19/h2-8H,9H2,1H3,(H3,18,19). The van der Waals surface area contributed by atoms with E-state index in [1.807, 2.05) is 36.2 Å². The first-order chi connectivity index (χ1) is 9.50. The van der Waals surface area contributed by atoms with Gasteiger partial charge in [-0.05, 0) is 23.8 Å². The lowest BCUT2D eigenvalue weighted by Crippen LogP contribution is -2.23. The number of nitrogen functional groups attached to an aromatic ring is 1. The molecule has 0 amide bonds. The molecular weight excluding hydrogens is 321 g/mol. The number of hydrogen-bond donors (Lipinski definition) is 2. The lowest BCUT2D eigenvalue weighted by molar-refractivity contribution is 0.624. The molecule has 0 bridgehead atoms. The van der Waals surface area contributed by atoms with Crippen LogP contribution in [0.4, 0.5) is 10.1 Å². The predicted octanol–water partition coefficient (Wildman–Crippen LogP) is 3.51. The van der Waals surface area contributed by atoms with Gasteiger partial charge in [0.05, 0.1) is 11.3 Å². The third kappa shape index (κ3) is 2.99. The zero-order valence-corrected chi connectivity index (χ0v) is 12.6. The molecule has 0 aliphatic carbocycles. The zero-order valence-electron chi connectivity index (χ0n) is 11.0. The molecule has 0 aromatic heterocycles. The van der Waals surface area contributed by atoms with Crippen molar-refractivity contribution in [2.45, 2.75) is 6.54 Å². The largest absolute Gasteiger partial charge is 0.384 e. The van der Waals surface area contributed by atoms with Crippen LogP contribution in [0.3, 0.4) is 0 Å². The minimum atomic E-state index is -0.478. The number of anilines is 1. The molecule has 0 aliphatic heterocycles. The number of benzene rings is 2. The van der Waals surface area contributed by atoms with Gasteiger partial charge >= 0.3 is 0 Å². The Morgan fingerprint density at radius 3 is 2.60 bits per heavy atom. The van der Waals surface area contributed by atoms with Crippen molar-refractivity contribution < 1.29 is 4.39 Å². The number of hydrogen-bond acceptors (Lipinski definition) is 2. The molecule has 0 aliphatic rings. The van der Waals surface area contributed by atoms with Crippen LogP contribution in [0.5, 0.6) is 0 Å². The molecule has 0 saturated heterocycles. The zero-order chi connectivity index (χ0) is 14.7. The van der Waals surface area contributed by atoms with Gasteiger partial charge < -0.3 is 10.6 Å². The minimum Gasteiger partial charge on any atom is -0.384 e. The second kappa shape index (κ2) is 6.05. The van der Waals surface area contributed by atoms with Gasteiger partial charge in [-0.25, -0.2) is 4.39 Å². The molecule has 0 atom stereocenters. The highest BCUT2D eigenvalue weighted by molar-refractivity contribution is 9.10. The van der Waals surface area contributed by atoms with Gasteiger partial charge in [-0.2, -0.15) is 0 Å². The molecule has 3 nitrogen and oxygen atoms in total. The van der Waals surface area contributed by atoms with Crippen LogP contribution in [0.15, 0.2) is 46.9 Å². The van der Waals surface area contributed by atoms with E-state index in [2.05, 4.69) is 15.9 Å². The van der Waals surface area contributed by atoms with Gasteiger partial charge in [0.1, 0.15) is 11.7 Å². The molecule has 2 aromatic carbocycles. The summed E-state index contributed by atoms with van der Waals surface area (Å²) in [5.74, 6) is -0.744. The Morgan fingerprint density at radius 1 is 1.25 bits per heavy atom. The quantitative estimate of drug-likeness (QED) is 0.663. The summed E-state index contributed by atoms with van der Waals surface area (Å²) in [7, 11) is 1.85. The van der Waals surface area contributed by atoms with Gasteiger partial charge in [-0.15, -0.1) is 0 Å². The van der Waals surface area contributed by atoms with Crippen LogP contribution in [0.25, 0.3) is 0 Å². The molecule has 5 heteroatoms. The average molecular weight is 336 g/mol. The summed E-state index contributed by atoms with van der Waals surface area (Å²) in [6.07, 6.45) is 0. The number of nitrogens with one attached hydrogen (secondary N) is 1. The van der Waals surface area contributed by atoms with Crippen LogP contribution in [-0.2, 0) is 6.54 Å². The van der Waals surface area contributed by atoms with Crippen LogP contribution in [0, 0.1) is 11.2 Å². The van der Waals surface area contributed by atoms with E-state index >= 15 is 0 Å². The Morgan fingerprint density at radius 2 is 1.95 bits per heavy atom. The smallest absolute Gasteiger partial charge is 0.136 e. The Kier molecular flexibility index (Phi) is 4.39. The van der Waals surface area contributed by atoms with Crippen LogP contribution in [0.2, 0.25) is 0 Å². The first-order valence-corrected chi connectivity index (χ1v) is 6.87. The first kappa shape index (κ1) is 14.5. The highest BCUT2D eigenvalue weighted by Crippen LogP contribution is 2.25. The number of nitrogens with two attached hydrogens (primary N) is 1. The van der Waals surface area contributed by atoms with Gasteiger partial charge in [-0.1, -0.05) is 40.2 Å². The molecule has 2 rings (SSSR count). The molecule has 3 N–H and O–H groups in total. The Hall–Kier alpha value is -1.88. The van der Waals surface area contributed by atoms with Gasteiger partial charge in [0, 0.05) is 18.1 Å². The lowest BCUT2D eigenvalue weighted by Gasteiger charge is -2.23. The maximum atomic E-state index is 13.8. The third-order valence-corrected chi connectivity index (χ3v) is 3.81.